The monoisotopic (exact) mass is 362 g/mol. The van der Waals surface area contributed by atoms with Crippen molar-refractivity contribution in [3.8, 4) is 18.1 Å². The van der Waals surface area contributed by atoms with Gasteiger partial charge in [0.1, 0.15) is 12.3 Å². The number of hydrogen-bond acceptors (Lipinski definition) is 4. The maximum absolute atomic E-state index is 12.4. The van der Waals surface area contributed by atoms with Gasteiger partial charge >= 0.3 is 6.03 Å². The number of rotatable bonds is 5. The van der Waals surface area contributed by atoms with Crippen LogP contribution in [0.1, 0.15) is 5.69 Å². The minimum absolute atomic E-state index is 0.0622. The number of ether oxygens (including phenoxy) is 1. The molecule has 0 saturated carbocycles. The highest BCUT2D eigenvalue weighted by molar-refractivity contribution is 5.90. The second-order valence-electron chi connectivity index (χ2n) is 5.70. The minimum atomic E-state index is -0.399. The molecular formula is C20H18N4O3. The fourth-order valence-corrected chi connectivity index (χ4v) is 2.67. The van der Waals surface area contributed by atoms with Crippen LogP contribution in [0.2, 0.25) is 0 Å². The van der Waals surface area contributed by atoms with Crippen molar-refractivity contribution in [1.82, 2.24) is 15.1 Å². The van der Waals surface area contributed by atoms with Gasteiger partial charge in [-0.2, -0.15) is 5.10 Å². The lowest BCUT2D eigenvalue weighted by molar-refractivity contribution is 0.251. The first-order chi connectivity index (χ1) is 13.1. The number of anilines is 1. The average molecular weight is 362 g/mol. The van der Waals surface area contributed by atoms with Crippen LogP contribution in [-0.2, 0) is 13.1 Å². The molecule has 0 aliphatic carbocycles. The van der Waals surface area contributed by atoms with Crippen molar-refractivity contribution in [1.29, 1.82) is 0 Å². The van der Waals surface area contributed by atoms with Crippen molar-refractivity contribution >= 4 is 22.5 Å². The van der Waals surface area contributed by atoms with Gasteiger partial charge in [-0.1, -0.05) is 30.2 Å². The summed E-state index contributed by atoms with van der Waals surface area (Å²) in [6, 6.07) is 13.7. The van der Waals surface area contributed by atoms with Crippen LogP contribution < -0.4 is 20.9 Å². The van der Waals surface area contributed by atoms with Gasteiger partial charge in [0, 0.05) is 17.1 Å². The highest BCUT2D eigenvalue weighted by atomic mass is 16.5. The molecule has 27 heavy (non-hydrogen) atoms. The Morgan fingerprint density at radius 2 is 2.00 bits per heavy atom. The van der Waals surface area contributed by atoms with Gasteiger partial charge in [-0.05, 0) is 18.2 Å². The van der Waals surface area contributed by atoms with E-state index in [1.165, 1.54) is 4.68 Å². The third-order valence-corrected chi connectivity index (χ3v) is 3.93. The van der Waals surface area contributed by atoms with E-state index < -0.39 is 6.03 Å². The van der Waals surface area contributed by atoms with Gasteiger partial charge in [0.25, 0.3) is 5.56 Å². The molecule has 2 aromatic carbocycles. The van der Waals surface area contributed by atoms with Gasteiger partial charge < -0.3 is 15.4 Å². The first kappa shape index (κ1) is 18.0. The van der Waals surface area contributed by atoms with Gasteiger partial charge in [0.05, 0.1) is 24.7 Å². The van der Waals surface area contributed by atoms with E-state index in [1.54, 1.807) is 49.6 Å². The largest absolute Gasteiger partial charge is 0.497 e. The van der Waals surface area contributed by atoms with Gasteiger partial charge in [-0.15, -0.1) is 6.42 Å². The molecule has 0 spiro atoms. The van der Waals surface area contributed by atoms with Crippen LogP contribution in [0, 0.1) is 12.3 Å². The van der Waals surface area contributed by atoms with Gasteiger partial charge in [-0.25, -0.2) is 9.48 Å². The van der Waals surface area contributed by atoms with E-state index >= 15 is 0 Å². The summed E-state index contributed by atoms with van der Waals surface area (Å²) in [7, 11) is 1.56. The third-order valence-electron chi connectivity index (χ3n) is 3.93. The summed E-state index contributed by atoms with van der Waals surface area (Å²) >= 11 is 0. The first-order valence-corrected chi connectivity index (χ1v) is 8.23. The van der Waals surface area contributed by atoms with E-state index in [1.807, 2.05) is 6.07 Å². The topological polar surface area (TPSA) is 85.2 Å². The highest BCUT2D eigenvalue weighted by Crippen LogP contribution is 2.17. The number of carbonyl (C=O) groups is 1. The molecule has 2 N–H and O–H groups in total. The zero-order valence-corrected chi connectivity index (χ0v) is 14.7. The van der Waals surface area contributed by atoms with E-state index in [4.69, 9.17) is 11.2 Å². The maximum Gasteiger partial charge on any atom is 0.319 e. The van der Waals surface area contributed by atoms with Crippen molar-refractivity contribution < 1.29 is 9.53 Å². The van der Waals surface area contributed by atoms with Crippen LogP contribution in [-0.4, -0.2) is 22.9 Å². The number of terminal acetylenes is 1. The van der Waals surface area contributed by atoms with E-state index in [2.05, 4.69) is 21.7 Å². The third kappa shape index (κ3) is 4.07. The number of aromatic nitrogens is 2. The fourth-order valence-electron chi connectivity index (χ4n) is 2.67. The number of hydrogen-bond donors (Lipinski definition) is 2. The number of methoxy groups -OCH3 is 1. The molecule has 0 bridgehead atoms. The molecule has 2 amide bonds. The highest BCUT2D eigenvalue weighted by Gasteiger charge is 2.11. The minimum Gasteiger partial charge on any atom is -0.497 e. The zero-order valence-electron chi connectivity index (χ0n) is 14.7. The molecule has 7 nitrogen and oxygen atoms in total. The molecular weight excluding hydrogens is 344 g/mol. The van der Waals surface area contributed by atoms with Crippen LogP contribution in [0.4, 0.5) is 10.5 Å². The molecule has 7 heteroatoms. The van der Waals surface area contributed by atoms with Crippen molar-refractivity contribution in [2.75, 3.05) is 12.4 Å². The van der Waals surface area contributed by atoms with Crippen LogP contribution in [0.15, 0.2) is 53.3 Å². The number of urea groups is 1. The van der Waals surface area contributed by atoms with Crippen molar-refractivity contribution in [2.24, 2.45) is 0 Å². The normalized spacial score (nSPS) is 10.2. The lowest BCUT2D eigenvalue weighted by Crippen LogP contribution is -2.31. The van der Waals surface area contributed by atoms with Gasteiger partial charge in [-0.3, -0.25) is 4.79 Å². The van der Waals surface area contributed by atoms with Crippen LogP contribution >= 0.6 is 0 Å². The predicted molar refractivity (Wildman–Crippen MR) is 104 cm³/mol. The molecule has 136 valence electrons. The number of fused-ring (bicyclic) bond motifs is 1. The molecule has 1 heterocycles. The maximum atomic E-state index is 12.4. The second kappa shape index (κ2) is 8.06. The second-order valence-corrected chi connectivity index (χ2v) is 5.70. The summed E-state index contributed by atoms with van der Waals surface area (Å²) < 4.78 is 6.35. The first-order valence-electron chi connectivity index (χ1n) is 8.23. The van der Waals surface area contributed by atoms with Crippen LogP contribution in [0.25, 0.3) is 10.8 Å². The Bertz CT molecular complexity index is 1080. The smallest absolute Gasteiger partial charge is 0.319 e. The molecule has 1 aromatic heterocycles. The lowest BCUT2D eigenvalue weighted by Gasteiger charge is -2.11. The number of nitrogens with zero attached hydrogens (tertiary/aromatic N) is 2. The van der Waals surface area contributed by atoms with Crippen LogP contribution in [0.3, 0.4) is 0 Å². The molecule has 0 unspecified atom stereocenters. The number of carbonyl (C=O) groups excluding carboxylic acids is 1. The lowest BCUT2D eigenvalue weighted by atomic mass is 10.1. The SMILES string of the molecule is C#CCn1nc(CNC(=O)Nc2cccc(OC)c2)c2ccccc2c1=O. The molecule has 0 aliphatic rings. The van der Waals surface area contributed by atoms with Gasteiger partial charge in [0.15, 0.2) is 0 Å². The summed E-state index contributed by atoms with van der Waals surface area (Å²) in [6.07, 6.45) is 5.32. The van der Waals surface area contributed by atoms with Crippen molar-refractivity contribution in [2.45, 2.75) is 13.1 Å². The Hall–Kier alpha value is -3.79. The Morgan fingerprint density at radius 1 is 1.22 bits per heavy atom. The summed E-state index contributed by atoms with van der Waals surface area (Å²) in [5.41, 5.74) is 0.899. The zero-order chi connectivity index (χ0) is 19.2. The molecule has 0 fully saturated rings. The number of benzene rings is 2. The average Bonchev–Trinajstić information content (AvgIpc) is 2.69. The van der Waals surface area contributed by atoms with E-state index in [9.17, 15) is 9.59 Å². The quantitative estimate of drug-likeness (QED) is 0.683. The van der Waals surface area contributed by atoms with Crippen molar-refractivity contribution in [3.63, 3.8) is 0 Å². The van der Waals surface area contributed by atoms with E-state index in [-0.39, 0.29) is 18.6 Å². The Balaban J connectivity index is 1.80. The fraction of sp³-hybridized carbons (Fsp3) is 0.150. The van der Waals surface area contributed by atoms with E-state index in [0.717, 1.165) is 0 Å². The molecule has 3 aromatic rings. The standard InChI is InChI=1S/C20H18N4O3/c1-3-11-24-19(25)17-10-5-4-9-16(17)18(23-24)13-21-20(26)22-14-7-6-8-15(12-14)27-2/h1,4-10,12H,11,13H2,2H3,(H2,21,22,26). The number of nitrogens with one attached hydrogen (secondary N) is 2. The summed E-state index contributed by atoms with van der Waals surface area (Å²) in [6.45, 7) is 0.202. The predicted octanol–water partition coefficient (Wildman–Crippen LogP) is 2.36. The van der Waals surface area contributed by atoms with Crippen LogP contribution in [0.5, 0.6) is 5.75 Å². The van der Waals surface area contributed by atoms with Crippen molar-refractivity contribution in [3.05, 3.63) is 64.6 Å². The van der Waals surface area contributed by atoms with E-state index in [0.29, 0.717) is 27.9 Å². The molecule has 0 radical (unpaired) electrons. The number of amides is 2. The van der Waals surface area contributed by atoms with Gasteiger partial charge in [0.2, 0.25) is 0 Å². The summed E-state index contributed by atoms with van der Waals surface area (Å²) in [5.74, 6) is 3.05. The summed E-state index contributed by atoms with van der Waals surface area (Å²) in [5, 5.41) is 11.0. The molecule has 0 aliphatic heterocycles. The Labute approximate surface area is 156 Å². The summed E-state index contributed by atoms with van der Waals surface area (Å²) in [4.78, 5) is 24.6. The Morgan fingerprint density at radius 3 is 2.74 bits per heavy atom. The molecule has 3 rings (SSSR count). The Kier molecular flexibility index (Phi) is 5.38. The molecule has 0 atom stereocenters. The molecule has 0 saturated heterocycles.